The van der Waals surface area contributed by atoms with Gasteiger partial charge < -0.3 is 9.47 Å². The summed E-state index contributed by atoms with van der Waals surface area (Å²) in [5.41, 5.74) is 2.42. The van der Waals surface area contributed by atoms with E-state index in [0.29, 0.717) is 22.9 Å². The minimum atomic E-state index is 0. The van der Waals surface area contributed by atoms with Crippen LogP contribution in [0.1, 0.15) is 0 Å². The average Bonchev–Trinajstić information content (AvgIpc) is 2.53. The summed E-state index contributed by atoms with van der Waals surface area (Å²) in [6.45, 7) is 0. The molecule has 21 heavy (non-hydrogen) atoms. The predicted molar refractivity (Wildman–Crippen MR) is 81.7 cm³/mol. The molecule has 0 aliphatic rings. The summed E-state index contributed by atoms with van der Waals surface area (Å²) < 4.78 is 10.3. The number of benzene rings is 2. The number of nitrogens with zero attached hydrogens (tertiary/aromatic N) is 4. The first-order valence-electron chi connectivity index (χ1n) is 5.80. The molecule has 2 aromatic carbocycles. The highest BCUT2D eigenvalue weighted by Gasteiger charge is 2.18. The van der Waals surface area contributed by atoms with Gasteiger partial charge in [-0.2, -0.15) is 0 Å². The van der Waals surface area contributed by atoms with Crippen LogP contribution < -0.4 is 9.47 Å². The maximum absolute atomic E-state index is 8.85. The standard InChI is InChI=1S/C14H12N4O2.ClH/c1-19-13-7-9(3-5-11(13)17-15)10-4-6-12(18-16)14(8-10)20-2;/h3-8H,1-2H3;1H/q+2;. The summed E-state index contributed by atoms with van der Waals surface area (Å²) in [7, 11) is 3.00. The molecule has 0 fully saturated rings. The third-order valence-corrected chi connectivity index (χ3v) is 2.91. The summed E-state index contributed by atoms with van der Waals surface area (Å²) in [4.78, 5) is 6.28. The highest BCUT2D eigenvalue weighted by Crippen LogP contribution is 2.36. The van der Waals surface area contributed by atoms with Crippen LogP contribution in [0.25, 0.3) is 21.1 Å². The Kier molecular flexibility index (Phi) is 5.48. The van der Waals surface area contributed by atoms with Gasteiger partial charge in [-0.3, -0.25) is 0 Å². The quantitative estimate of drug-likeness (QED) is 0.766. The van der Waals surface area contributed by atoms with Gasteiger partial charge in [-0.25, -0.2) is 0 Å². The van der Waals surface area contributed by atoms with E-state index in [1.165, 1.54) is 14.2 Å². The average molecular weight is 305 g/mol. The molecule has 7 heteroatoms. The number of ether oxygens (including phenoxy) is 2. The molecule has 0 saturated heterocycles. The number of hydrogen-bond donors (Lipinski definition) is 0. The maximum Gasteiger partial charge on any atom is 0.426 e. The van der Waals surface area contributed by atoms with Crippen molar-refractivity contribution in [1.29, 1.82) is 10.8 Å². The Labute approximate surface area is 128 Å². The molecule has 0 aliphatic carbocycles. The Hall–Kier alpha value is -2.83. The molecule has 0 heterocycles. The zero-order valence-electron chi connectivity index (χ0n) is 11.5. The second kappa shape index (κ2) is 7.09. The van der Waals surface area contributed by atoms with Gasteiger partial charge in [-0.05, 0) is 35.4 Å². The number of rotatable bonds is 3. The van der Waals surface area contributed by atoms with Crippen molar-refractivity contribution in [1.82, 2.24) is 0 Å². The molecule has 2 rings (SSSR count). The fourth-order valence-corrected chi connectivity index (χ4v) is 1.88. The molecule has 0 atom stereocenters. The van der Waals surface area contributed by atoms with E-state index in [4.69, 9.17) is 20.3 Å². The minimum absolute atomic E-state index is 0. The molecule has 0 N–H and O–H groups in total. The van der Waals surface area contributed by atoms with Crippen molar-refractivity contribution in [2.24, 2.45) is 0 Å². The van der Waals surface area contributed by atoms with E-state index in [2.05, 4.69) is 9.95 Å². The third kappa shape index (κ3) is 3.19. The van der Waals surface area contributed by atoms with E-state index < -0.39 is 0 Å². The zero-order valence-corrected chi connectivity index (χ0v) is 12.3. The minimum Gasteiger partial charge on any atom is -0.489 e. The van der Waals surface area contributed by atoms with E-state index >= 15 is 0 Å². The lowest BCUT2D eigenvalue weighted by Gasteiger charge is -2.04. The van der Waals surface area contributed by atoms with Crippen LogP contribution in [0, 0.1) is 10.8 Å². The fraction of sp³-hybridized carbons (Fsp3) is 0.143. The van der Waals surface area contributed by atoms with Gasteiger partial charge >= 0.3 is 11.4 Å². The highest BCUT2D eigenvalue weighted by atomic mass is 35.5. The topological polar surface area (TPSA) is 74.8 Å². The van der Waals surface area contributed by atoms with E-state index in [1.54, 1.807) is 36.4 Å². The van der Waals surface area contributed by atoms with Crippen LogP contribution >= 0.6 is 12.4 Å². The molecule has 0 aromatic heterocycles. The first kappa shape index (κ1) is 16.2. The Morgan fingerprint density at radius 2 is 1.14 bits per heavy atom. The van der Waals surface area contributed by atoms with Crippen LogP contribution in [-0.2, 0) is 0 Å². The Bertz CT molecular complexity index is 671. The summed E-state index contributed by atoms with van der Waals surface area (Å²) in [5.74, 6) is 0.916. The summed E-state index contributed by atoms with van der Waals surface area (Å²) in [6, 6.07) is 10.4. The Morgan fingerprint density at radius 3 is 1.43 bits per heavy atom. The number of diazo groups is 2. The first-order chi connectivity index (χ1) is 9.73. The number of halogens is 1. The molecular weight excluding hydrogens is 292 g/mol. The van der Waals surface area contributed by atoms with Gasteiger partial charge in [0.2, 0.25) is 22.3 Å². The molecule has 6 nitrogen and oxygen atoms in total. The summed E-state index contributed by atoms with van der Waals surface area (Å²) in [5, 5.41) is 17.7. The SMILES string of the molecule is COc1cc(-c2ccc([N+]#N)c(OC)c2)ccc1[N+]#N.Cl. The molecular formula is C14H13ClN4O2+2. The predicted octanol–water partition coefficient (Wildman–Crippen LogP) is 4.76. The Morgan fingerprint density at radius 1 is 0.762 bits per heavy atom. The van der Waals surface area contributed by atoms with Gasteiger partial charge in [0.15, 0.2) is 9.95 Å². The molecule has 0 unspecified atom stereocenters. The summed E-state index contributed by atoms with van der Waals surface area (Å²) >= 11 is 0. The lowest BCUT2D eigenvalue weighted by atomic mass is 10.0. The second-order valence-electron chi connectivity index (χ2n) is 3.97. The van der Waals surface area contributed by atoms with Crippen LogP contribution in [0.3, 0.4) is 0 Å². The molecule has 0 bridgehead atoms. The van der Waals surface area contributed by atoms with Crippen LogP contribution in [0.5, 0.6) is 11.5 Å². The van der Waals surface area contributed by atoms with Crippen LogP contribution in [0.2, 0.25) is 0 Å². The van der Waals surface area contributed by atoms with Crippen molar-refractivity contribution in [3.8, 4) is 22.6 Å². The normalized spacial score (nSPS) is 8.95. The zero-order chi connectivity index (χ0) is 14.5. The summed E-state index contributed by atoms with van der Waals surface area (Å²) in [6.07, 6.45) is 0. The van der Waals surface area contributed by atoms with Crippen molar-refractivity contribution in [3.05, 3.63) is 46.4 Å². The van der Waals surface area contributed by atoms with Crippen LogP contribution in [0.4, 0.5) is 11.4 Å². The monoisotopic (exact) mass is 304 g/mol. The van der Waals surface area contributed by atoms with E-state index in [-0.39, 0.29) is 12.4 Å². The number of hydrogen-bond acceptors (Lipinski definition) is 4. The van der Waals surface area contributed by atoms with E-state index in [9.17, 15) is 0 Å². The van der Waals surface area contributed by atoms with Gasteiger partial charge in [-0.15, -0.1) is 12.4 Å². The molecule has 0 spiro atoms. The maximum atomic E-state index is 8.85. The lowest BCUT2D eigenvalue weighted by Crippen LogP contribution is -1.87. The van der Waals surface area contributed by atoms with Crippen LogP contribution in [0.15, 0.2) is 36.4 Å². The van der Waals surface area contributed by atoms with E-state index in [0.717, 1.165) is 11.1 Å². The third-order valence-electron chi connectivity index (χ3n) is 2.91. The molecule has 2 aromatic rings. The first-order valence-corrected chi connectivity index (χ1v) is 5.80. The van der Waals surface area contributed by atoms with Gasteiger partial charge in [0, 0.05) is 12.1 Å². The number of methoxy groups -OCH3 is 2. The second-order valence-corrected chi connectivity index (χ2v) is 3.97. The van der Waals surface area contributed by atoms with Crippen LogP contribution in [-0.4, -0.2) is 14.2 Å². The highest BCUT2D eigenvalue weighted by molar-refractivity contribution is 5.85. The van der Waals surface area contributed by atoms with Crippen molar-refractivity contribution in [2.75, 3.05) is 14.2 Å². The van der Waals surface area contributed by atoms with Crippen molar-refractivity contribution < 1.29 is 9.47 Å². The molecule has 0 aliphatic heterocycles. The largest absolute Gasteiger partial charge is 0.489 e. The lowest BCUT2D eigenvalue weighted by molar-refractivity contribution is 0.416. The fourth-order valence-electron chi connectivity index (χ4n) is 1.88. The van der Waals surface area contributed by atoms with Crippen molar-refractivity contribution in [2.45, 2.75) is 0 Å². The van der Waals surface area contributed by atoms with Crippen molar-refractivity contribution >= 4 is 23.8 Å². The molecule has 0 amide bonds. The molecule has 0 saturated carbocycles. The van der Waals surface area contributed by atoms with Gasteiger partial charge in [0.1, 0.15) is 0 Å². The Balaban J connectivity index is 0.00000220. The smallest absolute Gasteiger partial charge is 0.426 e. The van der Waals surface area contributed by atoms with Gasteiger partial charge in [-0.1, -0.05) is 0 Å². The van der Waals surface area contributed by atoms with Gasteiger partial charge in [0.05, 0.1) is 14.2 Å². The van der Waals surface area contributed by atoms with Gasteiger partial charge in [0.25, 0.3) is 0 Å². The van der Waals surface area contributed by atoms with Crippen molar-refractivity contribution in [3.63, 3.8) is 0 Å². The molecule has 0 radical (unpaired) electrons. The van der Waals surface area contributed by atoms with E-state index in [1.807, 2.05) is 0 Å². The molecule has 106 valence electrons.